The molecule has 122 valence electrons. The van der Waals surface area contributed by atoms with Crippen molar-refractivity contribution >= 4 is 5.91 Å². The van der Waals surface area contributed by atoms with Crippen LogP contribution in [0.25, 0.3) is 11.3 Å². The van der Waals surface area contributed by atoms with Gasteiger partial charge in [0.25, 0.3) is 5.91 Å². The Morgan fingerprint density at radius 2 is 2.04 bits per heavy atom. The Morgan fingerprint density at radius 1 is 1.25 bits per heavy atom. The highest BCUT2D eigenvalue weighted by Crippen LogP contribution is 2.20. The Labute approximate surface area is 138 Å². The van der Waals surface area contributed by atoms with Gasteiger partial charge in [0, 0.05) is 37.3 Å². The van der Waals surface area contributed by atoms with Crippen LogP contribution in [-0.2, 0) is 6.54 Å². The van der Waals surface area contributed by atoms with Gasteiger partial charge in [-0.25, -0.2) is 4.98 Å². The van der Waals surface area contributed by atoms with Gasteiger partial charge in [-0.15, -0.1) is 0 Å². The number of carbonyl (C=O) groups excluding carboxylic acids is 1. The monoisotopic (exact) mass is 324 g/mol. The fraction of sp³-hybridized carbons (Fsp3) is 0.176. The minimum Gasteiger partial charge on any atom is -0.480 e. The quantitative estimate of drug-likeness (QED) is 0.717. The van der Waals surface area contributed by atoms with E-state index in [1.807, 2.05) is 12.1 Å². The summed E-state index contributed by atoms with van der Waals surface area (Å²) in [7, 11) is 3.17. The number of hydrogen-bond acceptors (Lipinski definition) is 6. The second kappa shape index (κ2) is 6.91. The summed E-state index contributed by atoms with van der Waals surface area (Å²) in [5.41, 5.74) is 2.01. The minimum absolute atomic E-state index is 0.207. The number of nitrogens with zero attached hydrogens (tertiary/aromatic N) is 4. The molecule has 24 heavy (non-hydrogen) atoms. The SMILES string of the molecule is COc1ncccc1C(=O)N(C)Cc1cc(-c2ccncc2)no1. The number of ether oxygens (including phenoxy) is 1. The van der Waals surface area contributed by atoms with Gasteiger partial charge in [0.2, 0.25) is 5.88 Å². The third-order valence-electron chi connectivity index (χ3n) is 3.47. The number of carbonyl (C=O) groups is 1. The molecule has 0 bridgehead atoms. The zero-order valence-corrected chi connectivity index (χ0v) is 13.3. The molecule has 0 unspecified atom stereocenters. The maximum absolute atomic E-state index is 12.5. The summed E-state index contributed by atoms with van der Waals surface area (Å²) >= 11 is 0. The number of aromatic nitrogens is 3. The lowest BCUT2D eigenvalue weighted by Crippen LogP contribution is -2.26. The largest absolute Gasteiger partial charge is 0.480 e. The second-order valence-corrected chi connectivity index (χ2v) is 5.14. The first-order valence-electron chi connectivity index (χ1n) is 7.29. The van der Waals surface area contributed by atoms with Crippen LogP contribution in [-0.4, -0.2) is 40.1 Å². The number of pyridine rings is 2. The van der Waals surface area contributed by atoms with E-state index < -0.39 is 0 Å². The normalized spacial score (nSPS) is 10.4. The molecule has 0 radical (unpaired) electrons. The first kappa shape index (κ1) is 15.7. The van der Waals surface area contributed by atoms with Crippen LogP contribution in [0.3, 0.4) is 0 Å². The molecule has 0 aromatic carbocycles. The molecule has 0 saturated carbocycles. The fourth-order valence-corrected chi connectivity index (χ4v) is 2.27. The van der Waals surface area contributed by atoms with Crippen LogP contribution in [0.1, 0.15) is 16.1 Å². The molecule has 3 rings (SSSR count). The number of rotatable bonds is 5. The highest BCUT2D eigenvalue weighted by atomic mass is 16.5. The van der Waals surface area contributed by atoms with Gasteiger partial charge in [0.15, 0.2) is 5.76 Å². The highest BCUT2D eigenvalue weighted by Gasteiger charge is 2.19. The standard InChI is InChI=1S/C17H16N4O3/c1-21(17(22)14-4-3-7-19-16(14)23-2)11-13-10-15(20-24-13)12-5-8-18-9-6-12/h3-10H,11H2,1-2H3. The van der Waals surface area contributed by atoms with E-state index in [1.54, 1.807) is 43.8 Å². The summed E-state index contributed by atoms with van der Waals surface area (Å²) < 4.78 is 10.4. The lowest BCUT2D eigenvalue weighted by atomic mass is 10.2. The molecule has 0 aliphatic carbocycles. The van der Waals surface area contributed by atoms with Gasteiger partial charge < -0.3 is 14.2 Å². The molecule has 0 saturated heterocycles. The molecular formula is C17H16N4O3. The maximum Gasteiger partial charge on any atom is 0.259 e. The van der Waals surface area contributed by atoms with Crippen molar-refractivity contribution in [1.82, 2.24) is 20.0 Å². The Kier molecular flexibility index (Phi) is 4.51. The van der Waals surface area contributed by atoms with Crippen LogP contribution in [0, 0.1) is 0 Å². The zero-order valence-electron chi connectivity index (χ0n) is 13.3. The van der Waals surface area contributed by atoms with E-state index in [1.165, 1.54) is 12.0 Å². The number of methoxy groups -OCH3 is 1. The molecule has 0 N–H and O–H groups in total. The molecule has 0 aliphatic heterocycles. The summed E-state index contributed by atoms with van der Waals surface area (Å²) in [6.45, 7) is 0.287. The van der Waals surface area contributed by atoms with Gasteiger partial charge in [-0.1, -0.05) is 5.16 Å². The Hall–Kier alpha value is -3.22. The lowest BCUT2D eigenvalue weighted by Gasteiger charge is -2.16. The molecule has 7 nitrogen and oxygen atoms in total. The zero-order chi connectivity index (χ0) is 16.9. The molecule has 0 aliphatic rings. The Bertz CT molecular complexity index is 833. The third-order valence-corrected chi connectivity index (χ3v) is 3.47. The molecule has 0 spiro atoms. The van der Waals surface area contributed by atoms with Crippen molar-refractivity contribution in [1.29, 1.82) is 0 Å². The Morgan fingerprint density at radius 3 is 2.79 bits per heavy atom. The maximum atomic E-state index is 12.5. The van der Waals surface area contributed by atoms with Crippen molar-refractivity contribution in [2.45, 2.75) is 6.54 Å². The first-order valence-corrected chi connectivity index (χ1v) is 7.29. The van der Waals surface area contributed by atoms with Crippen molar-refractivity contribution in [3.05, 3.63) is 60.2 Å². The molecule has 7 heteroatoms. The molecule has 3 aromatic rings. The third kappa shape index (κ3) is 3.24. The van der Waals surface area contributed by atoms with Crippen molar-refractivity contribution in [2.75, 3.05) is 14.2 Å². The van der Waals surface area contributed by atoms with E-state index >= 15 is 0 Å². The van der Waals surface area contributed by atoms with Gasteiger partial charge >= 0.3 is 0 Å². The summed E-state index contributed by atoms with van der Waals surface area (Å²) in [6.07, 6.45) is 4.95. The van der Waals surface area contributed by atoms with E-state index in [2.05, 4.69) is 15.1 Å². The Balaban J connectivity index is 1.74. The van der Waals surface area contributed by atoms with E-state index in [0.717, 1.165) is 5.56 Å². The predicted molar refractivity (Wildman–Crippen MR) is 86.3 cm³/mol. The van der Waals surface area contributed by atoms with E-state index in [9.17, 15) is 4.79 Å². The molecular weight excluding hydrogens is 308 g/mol. The van der Waals surface area contributed by atoms with Gasteiger partial charge in [-0.2, -0.15) is 0 Å². The fourth-order valence-electron chi connectivity index (χ4n) is 2.27. The van der Waals surface area contributed by atoms with Gasteiger partial charge in [0.05, 0.1) is 13.7 Å². The topological polar surface area (TPSA) is 81.4 Å². The highest BCUT2D eigenvalue weighted by molar-refractivity contribution is 5.96. The van der Waals surface area contributed by atoms with Gasteiger partial charge in [-0.3, -0.25) is 9.78 Å². The van der Waals surface area contributed by atoms with Crippen molar-refractivity contribution in [3.8, 4) is 17.1 Å². The van der Waals surface area contributed by atoms with Crippen LogP contribution in [0.15, 0.2) is 53.4 Å². The van der Waals surface area contributed by atoms with Crippen molar-refractivity contribution < 1.29 is 14.1 Å². The molecule has 1 amide bonds. The lowest BCUT2D eigenvalue weighted by molar-refractivity contribution is 0.0768. The second-order valence-electron chi connectivity index (χ2n) is 5.14. The molecule has 0 fully saturated rings. The van der Waals surface area contributed by atoms with Gasteiger partial charge in [-0.05, 0) is 24.3 Å². The van der Waals surface area contributed by atoms with Crippen LogP contribution >= 0.6 is 0 Å². The average molecular weight is 324 g/mol. The van der Waals surface area contributed by atoms with Crippen LogP contribution in [0.4, 0.5) is 0 Å². The number of hydrogen-bond donors (Lipinski definition) is 0. The predicted octanol–water partition coefficient (Wildman–Crippen LogP) is 2.41. The summed E-state index contributed by atoms with van der Waals surface area (Å²) in [5.74, 6) is 0.673. The molecule has 3 aromatic heterocycles. The van der Waals surface area contributed by atoms with Crippen LogP contribution in [0.2, 0.25) is 0 Å². The van der Waals surface area contributed by atoms with Crippen molar-refractivity contribution in [3.63, 3.8) is 0 Å². The van der Waals surface area contributed by atoms with E-state index in [0.29, 0.717) is 22.9 Å². The first-order chi connectivity index (χ1) is 11.7. The number of amides is 1. The summed E-state index contributed by atoms with van der Waals surface area (Å²) in [5, 5.41) is 4.03. The summed E-state index contributed by atoms with van der Waals surface area (Å²) in [4.78, 5) is 22.1. The van der Waals surface area contributed by atoms with Crippen LogP contribution < -0.4 is 4.74 Å². The van der Waals surface area contributed by atoms with Gasteiger partial charge in [0.1, 0.15) is 11.3 Å². The van der Waals surface area contributed by atoms with Crippen LogP contribution in [0.5, 0.6) is 5.88 Å². The van der Waals surface area contributed by atoms with Crippen molar-refractivity contribution in [2.24, 2.45) is 0 Å². The average Bonchev–Trinajstić information content (AvgIpc) is 3.10. The minimum atomic E-state index is -0.207. The van der Waals surface area contributed by atoms with E-state index in [4.69, 9.17) is 9.26 Å². The summed E-state index contributed by atoms with van der Waals surface area (Å²) in [6, 6.07) is 8.86. The molecule has 0 atom stereocenters. The van der Waals surface area contributed by atoms with E-state index in [-0.39, 0.29) is 12.5 Å². The smallest absolute Gasteiger partial charge is 0.259 e. The molecule has 3 heterocycles.